The number of ether oxygens (including phenoxy) is 2. The lowest BCUT2D eigenvalue weighted by Crippen LogP contribution is -2.19. The molecule has 2 heterocycles. The highest BCUT2D eigenvalue weighted by atomic mass is 32.1. The fraction of sp³-hybridized carbons (Fsp3) is 0.238. The number of methoxy groups -OCH3 is 1. The number of thiazole rings is 2. The molecule has 0 fully saturated rings. The van der Waals surface area contributed by atoms with Gasteiger partial charge >= 0.3 is 5.97 Å². The number of rotatable bonds is 6. The van der Waals surface area contributed by atoms with Gasteiger partial charge in [0.2, 0.25) is 0 Å². The molecular formula is C21H19N3O4S2. The monoisotopic (exact) mass is 441 g/mol. The maximum Gasteiger partial charge on any atom is 0.337 e. The summed E-state index contributed by atoms with van der Waals surface area (Å²) >= 11 is 2.84. The zero-order chi connectivity index (χ0) is 21.1. The normalized spacial score (nSPS) is 12.0. The van der Waals surface area contributed by atoms with E-state index in [0.29, 0.717) is 35.7 Å². The Morgan fingerprint density at radius 2 is 1.93 bits per heavy atom. The lowest BCUT2D eigenvalue weighted by atomic mass is 10.2. The zero-order valence-electron chi connectivity index (χ0n) is 16.5. The van der Waals surface area contributed by atoms with Crippen molar-refractivity contribution in [1.29, 1.82) is 0 Å². The predicted octanol–water partition coefficient (Wildman–Crippen LogP) is 3.88. The summed E-state index contributed by atoms with van der Waals surface area (Å²) in [7, 11) is 1.35. The molecule has 4 rings (SSSR count). The number of hydrogen-bond donors (Lipinski definition) is 0. The van der Waals surface area contributed by atoms with Gasteiger partial charge in [-0.05, 0) is 43.3 Å². The third-order valence-corrected chi connectivity index (χ3v) is 6.38. The Bertz CT molecular complexity index is 1300. The average molecular weight is 442 g/mol. The standard InChI is InChI=1S/C21H19N3O4S2/c1-3-28-9-8-24-16-7-5-14(20(26)27-2)11-18(16)30-21(24)23-19(25)13-4-6-15-17(10-13)29-12-22-15/h4-7,10-12H,3,8-9H2,1-2H3. The van der Waals surface area contributed by atoms with Gasteiger partial charge in [-0.1, -0.05) is 11.3 Å². The second-order valence-electron chi connectivity index (χ2n) is 6.36. The van der Waals surface area contributed by atoms with Crippen LogP contribution in [0.3, 0.4) is 0 Å². The van der Waals surface area contributed by atoms with E-state index in [4.69, 9.17) is 9.47 Å². The quantitative estimate of drug-likeness (QED) is 0.335. The van der Waals surface area contributed by atoms with Crippen molar-refractivity contribution < 1.29 is 19.1 Å². The molecule has 0 aliphatic carbocycles. The van der Waals surface area contributed by atoms with Gasteiger partial charge in [-0.15, -0.1) is 11.3 Å². The largest absolute Gasteiger partial charge is 0.465 e. The summed E-state index contributed by atoms with van der Waals surface area (Å²) in [6, 6.07) is 10.7. The predicted molar refractivity (Wildman–Crippen MR) is 117 cm³/mol. The summed E-state index contributed by atoms with van der Waals surface area (Å²) in [5, 5.41) is 0. The van der Waals surface area contributed by atoms with E-state index in [1.807, 2.05) is 29.7 Å². The van der Waals surface area contributed by atoms with Gasteiger partial charge in [0.25, 0.3) is 5.91 Å². The summed E-state index contributed by atoms with van der Waals surface area (Å²) < 4.78 is 14.0. The van der Waals surface area contributed by atoms with Gasteiger partial charge in [-0.25, -0.2) is 9.78 Å². The number of carbonyl (C=O) groups excluding carboxylic acids is 2. The second-order valence-corrected chi connectivity index (χ2v) is 8.25. The van der Waals surface area contributed by atoms with Crippen molar-refractivity contribution in [3.8, 4) is 0 Å². The van der Waals surface area contributed by atoms with Crippen molar-refractivity contribution in [2.24, 2.45) is 4.99 Å². The molecule has 2 aromatic carbocycles. The lowest BCUT2D eigenvalue weighted by molar-refractivity contribution is 0.0600. The van der Waals surface area contributed by atoms with Crippen molar-refractivity contribution in [1.82, 2.24) is 9.55 Å². The topological polar surface area (TPSA) is 82.8 Å². The van der Waals surface area contributed by atoms with E-state index in [0.717, 1.165) is 20.4 Å². The van der Waals surface area contributed by atoms with E-state index >= 15 is 0 Å². The summed E-state index contributed by atoms with van der Waals surface area (Å²) in [5.74, 6) is -0.728. The van der Waals surface area contributed by atoms with E-state index in [9.17, 15) is 9.59 Å². The van der Waals surface area contributed by atoms with Crippen LogP contribution in [-0.4, -0.2) is 41.8 Å². The van der Waals surface area contributed by atoms with Crippen LogP contribution in [0.4, 0.5) is 0 Å². The van der Waals surface area contributed by atoms with Gasteiger partial charge in [0.15, 0.2) is 4.80 Å². The molecule has 0 atom stereocenters. The zero-order valence-corrected chi connectivity index (χ0v) is 18.1. The Hall–Kier alpha value is -2.88. The third-order valence-electron chi connectivity index (χ3n) is 4.54. The molecule has 0 aliphatic heterocycles. The number of hydrogen-bond acceptors (Lipinski definition) is 7. The van der Waals surface area contributed by atoms with E-state index < -0.39 is 5.97 Å². The highest BCUT2D eigenvalue weighted by molar-refractivity contribution is 7.17. The van der Waals surface area contributed by atoms with Crippen LogP contribution in [-0.2, 0) is 16.0 Å². The Kier molecular flexibility index (Phi) is 6.03. The molecule has 0 saturated heterocycles. The summed E-state index contributed by atoms with van der Waals surface area (Å²) in [6.45, 7) is 3.58. The van der Waals surface area contributed by atoms with Crippen molar-refractivity contribution in [2.75, 3.05) is 20.3 Å². The van der Waals surface area contributed by atoms with Crippen LogP contribution < -0.4 is 4.80 Å². The molecule has 0 N–H and O–H groups in total. The maximum absolute atomic E-state index is 12.9. The van der Waals surface area contributed by atoms with E-state index in [1.54, 1.807) is 23.7 Å². The van der Waals surface area contributed by atoms with Crippen LogP contribution in [0.2, 0.25) is 0 Å². The van der Waals surface area contributed by atoms with Gasteiger partial charge in [0, 0.05) is 18.7 Å². The smallest absolute Gasteiger partial charge is 0.337 e. The number of nitrogens with zero attached hydrogens (tertiary/aromatic N) is 3. The van der Waals surface area contributed by atoms with Crippen molar-refractivity contribution >= 4 is 55.0 Å². The Balaban J connectivity index is 1.78. The molecular weight excluding hydrogens is 422 g/mol. The van der Waals surface area contributed by atoms with Gasteiger partial charge < -0.3 is 14.0 Å². The molecule has 7 nitrogen and oxygen atoms in total. The van der Waals surface area contributed by atoms with Crippen LogP contribution in [0.15, 0.2) is 46.9 Å². The molecule has 4 aromatic rings. The SMILES string of the molecule is CCOCCn1c(=NC(=O)c2ccc3ncsc3c2)sc2cc(C(=O)OC)ccc21. The molecule has 1 amide bonds. The first-order valence-corrected chi connectivity index (χ1v) is 11.0. The van der Waals surface area contributed by atoms with Crippen LogP contribution in [0.5, 0.6) is 0 Å². The molecule has 30 heavy (non-hydrogen) atoms. The number of amides is 1. The first-order valence-electron chi connectivity index (χ1n) is 9.32. The molecule has 0 spiro atoms. The van der Waals surface area contributed by atoms with Crippen LogP contribution >= 0.6 is 22.7 Å². The highest BCUT2D eigenvalue weighted by Crippen LogP contribution is 2.21. The van der Waals surface area contributed by atoms with E-state index in [1.165, 1.54) is 29.8 Å². The van der Waals surface area contributed by atoms with Gasteiger partial charge in [0.1, 0.15) is 0 Å². The maximum atomic E-state index is 12.9. The minimum absolute atomic E-state index is 0.324. The van der Waals surface area contributed by atoms with E-state index in [2.05, 4.69) is 9.98 Å². The number of benzene rings is 2. The van der Waals surface area contributed by atoms with Crippen LogP contribution in [0.1, 0.15) is 27.6 Å². The second kappa shape index (κ2) is 8.86. The minimum Gasteiger partial charge on any atom is -0.465 e. The Labute approximate surface area is 180 Å². The van der Waals surface area contributed by atoms with Crippen LogP contribution in [0, 0.1) is 0 Å². The highest BCUT2D eigenvalue weighted by Gasteiger charge is 2.13. The summed E-state index contributed by atoms with van der Waals surface area (Å²) in [5.41, 5.74) is 4.47. The molecule has 0 unspecified atom stereocenters. The van der Waals surface area contributed by atoms with E-state index in [-0.39, 0.29) is 5.91 Å². The molecule has 0 radical (unpaired) electrons. The van der Waals surface area contributed by atoms with Crippen molar-refractivity contribution in [2.45, 2.75) is 13.5 Å². The average Bonchev–Trinajstić information content (AvgIpc) is 3.36. The third kappa shape index (κ3) is 4.04. The Morgan fingerprint density at radius 1 is 1.13 bits per heavy atom. The number of carbonyl (C=O) groups is 2. The number of aromatic nitrogens is 2. The minimum atomic E-state index is -0.404. The fourth-order valence-electron chi connectivity index (χ4n) is 3.06. The molecule has 154 valence electrons. The molecule has 0 aliphatic rings. The summed E-state index contributed by atoms with van der Waals surface area (Å²) in [6.07, 6.45) is 0. The van der Waals surface area contributed by atoms with Crippen molar-refractivity contribution in [3.05, 3.63) is 57.8 Å². The lowest BCUT2D eigenvalue weighted by Gasteiger charge is -2.06. The molecule has 9 heteroatoms. The van der Waals surface area contributed by atoms with Gasteiger partial charge in [0.05, 0.1) is 45.2 Å². The number of esters is 1. The fourth-order valence-corrected chi connectivity index (χ4v) is 4.87. The van der Waals surface area contributed by atoms with Gasteiger partial charge in [-0.3, -0.25) is 4.79 Å². The first-order chi connectivity index (χ1) is 14.6. The molecule has 0 saturated carbocycles. The van der Waals surface area contributed by atoms with Gasteiger partial charge in [-0.2, -0.15) is 4.99 Å². The van der Waals surface area contributed by atoms with Crippen LogP contribution in [0.25, 0.3) is 20.4 Å². The number of fused-ring (bicyclic) bond motifs is 2. The Morgan fingerprint density at radius 3 is 2.73 bits per heavy atom. The van der Waals surface area contributed by atoms with Crippen molar-refractivity contribution in [3.63, 3.8) is 0 Å². The first kappa shape index (κ1) is 20.4. The molecule has 0 bridgehead atoms. The summed E-state index contributed by atoms with van der Waals surface area (Å²) in [4.78, 5) is 33.9. The molecule has 2 aromatic heterocycles.